The van der Waals surface area contributed by atoms with Crippen LogP contribution in [-0.4, -0.2) is 18.0 Å². The predicted octanol–water partition coefficient (Wildman–Crippen LogP) is 3.55. The van der Waals surface area contributed by atoms with Crippen LogP contribution in [0.5, 0.6) is 5.75 Å². The van der Waals surface area contributed by atoms with E-state index in [1.54, 1.807) is 18.2 Å². The summed E-state index contributed by atoms with van der Waals surface area (Å²) >= 11 is 1.35. The SMILES string of the molecule is COc1ccccc1NC(=O)C(C#N)c1nc2ccccc2s1. The van der Waals surface area contributed by atoms with Gasteiger partial charge in [0.2, 0.25) is 5.91 Å². The fourth-order valence-electron chi connectivity index (χ4n) is 2.19. The van der Waals surface area contributed by atoms with E-state index in [2.05, 4.69) is 10.3 Å². The predicted molar refractivity (Wildman–Crippen MR) is 89.6 cm³/mol. The van der Waals surface area contributed by atoms with Crippen LogP contribution in [0.15, 0.2) is 48.5 Å². The van der Waals surface area contributed by atoms with E-state index in [1.165, 1.54) is 18.4 Å². The molecular weight excluding hydrogens is 310 g/mol. The third-order valence-electron chi connectivity index (χ3n) is 3.31. The van der Waals surface area contributed by atoms with Crippen LogP contribution in [0.25, 0.3) is 10.2 Å². The number of para-hydroxylation sites is 3. The average molecular weight is 323 g/mol. The topological polar surface area (TPSA) is 75.0 Å². The van der Waals surface area contributed by atoms with Gasteiger partial charge in [0.25, 0.3) is 0 Å². The fourth-order valence-corrected chi connectivity index (χ4v) is 3.20. The maximum atomic E-state index is 12.5. The monoisotopic (exact) mass is 323 g/mol. The number of rotatable bonds is 4. The number of hydrogen-bond acceptors (Lipinski definition) is 5. The summed E-state index contributed by atoms with van der Waals surface area (Å²) in [5, 5.41) is 12.6. The van der Waals surface area contributed by atoms with Gasteiger partial charge in [-0.3, -0.25) is 4.79 Å². The second-order valence-electron chi connectivity index (χ2n) is 4.77. The number of hydrogen-bond donors (Lipinski definition) is 1. The first-order chi connectivity index (χ1) is 11.2. The van der Waals surface area contributed by atoms with Crippen molar-refractivity contribution in [2.24, 2.45) is 0 Å². The van der Waals surface area contributed by atoms with Gasteiger partial charge in [-0.15, -0.1) is 11.3 Å². The molecular formula is C17H13N3O2S. The zero-order chi connectivity index (χ0) is 16.2. The van der Waals surface area contributed by atoms with Crippen molar-refractivity contribution in [3.05, 3.63) is 53.5 Å². The number of thiazole rings is 1. The zero-order valence-electron chi connectivity index (χ0n) is 12.3. The third kappa shape index (κ3) is 3.00. The number of amides is 1. The second-order valence-corrected chi connectivity index (χ2v) is 5.83. The number of nitrogens with zero attached hydrogens (tertiary/aromatic N) is 2. The summed E-state index contributed by atoms with van der Waals surface area (Å²) in [6, 6.07) is 16.7. The molecule has 0 saturated carbocycles. The molecule has 1 N–H and O–H groups in total. The molecule has 1 atom stereocenters. The molecule has 0 saturated heterocycles. The van der Waals surface area contributed by atoms with Crippen LogP contribution in [0.2, 0.25) is 0 Å². The highest BCUT2D eigenvalue weighted by Crippen LogP contribution is 2.29. The standard InChI is InChI=1S/C17H13N3O2S/c1-22-14-8-4-2-6-12(14)19-16(21)11(10-18)17-20-13-7-3-5-9-15(13)23-17/h2-9,11H,1H3,(H,19,21). The van der Waals surface area contributed by atoms with Gasteiger partial charge in [-0.25, -0.2) is 4.98 Å². The molecule has 5 nitrogen and oxygen atoms in total. The van der Waals surface area contributed by atoms with Gasteiger partial charge in [-0.05, 0) is 24.3 Å². The van der Waals surface area contributed by atoms with Crippen LogP contribution < -0.4 is 10.1 Å². The number of methoxy groups -OCH3 is 1. The molecule has 0 spiro atoms. The van der Waals surface area contributed by atoms with Gasteiger partial charge in [-0.2, -0.15) is 5.26 Å². The number of aromatic nitrogens is 1. The maximum Gasteiger partial charge on any atom is 0.248 e. The number of carbonyl (C=O) groups is 1. The minimum absolute atomic E-state index is 0.420. The van der Waals surface area contributed by atoms with E-state index in [0.717, 1.165) is 10.2 Å². The number of anilines is 1. The molecule has 1 aromatic heterocycles. The van der Waals surface area contributed by atoms with Gasteiger partial charge >= 0.3 is 0 Å². The molecule has 114 valence electrons. The van der Waals surface area contributed by atoms with E-state index >= 15 is 0 Å². The normalized spacial score (nSPS) is 11.7. The molecule has 0 fully saturated rings. The molecule has 0 aliphatic heterocycles. The molecule has 0 aliphatic rings. The first-order valence-corrected chi connectivity index (χ1v) is 7.73. The van der Waals surface area contributed by atoms with Crippen LogP contribution in [0.1, 0.15) is 10.9 Å². The Balaban J connectivity index is 1.88. The number of nitrogens with one attached hydrogen (secondary N) is 1. The lowest BCUT2D eigenvalue weighted by Crippen LogP contribution is -2.20. The lowest BCUT2D eigenvalue weighted by molar-refractivity contribution is -0.116. The first-order valence-electron chi connectivity index (χ1n) is 6.92. The number of ether oxygens (including phenoxy) is 1. The molecule has 1 unspecified atom stereocenters. The van der Waals surface area contributed by atoms with Crippen molar-refractivity contribution in [2.75, 3.05) is 12.4 Å². The van der Waals surface area contributed by atoms with Gasteiger partial charge in [0.1, 0.15) is 10.8 Å². The van der Waals surface area contributed by atoms with E-state index in [9.17, 15) is 10.1 Å². The van der Waals surface area contributed by atoms with Crippen molar-refractivity contribution in [2.45, 2.75) is 5.92 Å². The Morgan fingerprint density at radius 3 is 2.74 bits per heavy atom. The summed E-state index contributed by atoms with van der Waals surface area (Å²) in [5.74, 6) is -0.838. The molecule has 0 bridgehead atoms. The van der Waals surface area contributed by atoms with Gasteiger partial charge in [-0.1, -0.05) is 24.3 Å². The average Bonchev–Trinajstić information content (AvgIpc) is 2.99. The molecule has 1 amide bonds. The number of carbonyl (C=O) groups excluding carboxylic acids is 1. The summed E-state index contributed by atoms with van der Waals surface area (Å²) < 4.78 is 6.15. The van der Waals surface area contributed by atoms with Crippen molar-refractivity contribution in [1.29, 1.82) is 5.26 Å². The van der Waals surface area contributed by atoms with E-state index in [4.69, 9.17) is 4.74 Å². The van der Waals surface area contributed by atoms with E-state index in [-0.39, 0.29) is 0 Å². The Hall–Kier alpha value is -2.91. The number of fused-ring (bicyclic) bond motifs is 1. The Kier molecular flexibility index (Phi) is 4.22. The fraction of sp³-hybridized carbons (Fsp3) is 0.118. The highest BCUT2D eigenvalue weighted by molar-refractivity contribution is 7.18. The maximum absolute atomic E-state index is 12.5. The lowest BCUT2D eigenvalue weighted by atomic mass is 10.1. The number of benzene rings is 2. The molecule has 3 rings (SSSR count). The Morgan fingerprint density at radius 2 is 2.00 bits per heavy atom. The molecule has 0 aliphatic carbocycles. The molecule has 3 aromatic rings. The summed E-state index contributed by atoms with van der Waals surface area (Å²) in [6.45, 7) is 0. The highest BCUT2D eigenvalue weighted by atomic mass is 32.1. The van der Waals surface area contributed by atoms with E-state index < -0.39 is 11.8 Å². The molecule has 1 heterocycles. The lowest BCUT2D eigenvalue weighted by Gasteiger charge is -2.11. The highest BCUT2D eigenvalue weighted by Gasteiger charge is 2.24. The Bertz CT molecular complexity index is 865. The summed E-state index contributed by atoms with van der Waals surface area (Å²) in [6.07, 6.45) is 0. The number of nitriles is 1. The van der Waals surface area contributed by atoms with Crippen molar-refractivity contribution < 1.29 is 9.53 Å². The summed E-state index contributed by atoms with van der Waals surface area (Å²) in [5.41, 5.74) is 1.32. The van der Waals surface area contributed by atoms with Crippen LogP contribution in [0.4, 0.5) is 5.69 Å². The van der Waals surface area contributed by atoms with Gasteiger partial charge in [0.05, 0.1) is 29.1 Å². The van der Waals surface area contributed by atoms with Crippen molar-refractivity contribution in [3.63, 3.8) is 0 Å². The summed E-state index contributed by atoms with van der Waals surface area (Å²) in [4.78, 5) is 16.9. The second kappa shape index (κ2) is 6.46. The minimum atomic E-state index is -0.961. The van der Waals surface area contributed by atoms with Crippen molar-refractivity contribution >= 4 is 33.1 Å². The quantitative estimate of drug-likeness (QED) is 0.796. The smallest absolute Gasteiger partial charge is 0.248 e. The Morgan fingerprint density at radius 1 is 1.26 bits per heavy atom. The van der Waals surface area contributed by atoms with Crippen LogP contribution >= 0.6 is 11.3 Å². The summed E-state index contributed by atoms with van der Waals surface area (Å²) in [7, 11) is 1.53. The molecule has 23 heavy (non-hydrogen) atoms. The first kappa shape index (κ1) is 15.0. The van der Waals surface area contributed by atoms with Crippen LogP contribution in [-0.2, 0) is 4.79 Å². The van der Waals surface area contributed by atoms with Crippen molar-refractivity contribution in [1.82, 2.24) is 4.98 Å². The Labute approximate surface area is 137 Å². The molecule has 0 radical (unpaired) electrons. The largest absolute Gasteiger partial charge is 0.495 e. The van der Waals surface area contributed by atoms with Gasteiger partial charge in [0, 0.05) is 0 Å². The van der Waals surface area contributed by atoms with Gasteiger partial charge in [0.15, 0.2) is 5.92 Å². The molecule has 6 heteroatoms. The van der Waals surface area contributed by atoms with E-state index in [0.29, 0.717) is 16.4 Å². The zero-order valence-corrected chi connectivity index (χ0v) is 13.1. The van der Waals surface area contributed by atoms with Crippen LogP contribution in [0.3, 0.4) is 0 Å². The van der Waals surface area contributed by atoms with E-state index in [1.807, 2.05) is 36.4 Å². The van der Waals surface area contributed by atoms with Crippen LogP contribution in [0, 0.1) is 11.3 Å². The van der Waals surface area contributed by atoms with Gasteiger partial charge < -0.3 is 10.1 Å². The minimum Gasteiger partial charge on any atom is -0.495 e. The third-order valence-corrected chi connectivity index (χ3v) is 4.41. The van der Waals surface area contributed by atoms with Crippen molar-refractivity contribution in [3.8, 4) is 11.8 Å². The molecule has 2 aromatic carbocycles.